The first kappa shape index (κ1) is 17.3. The van der Waals surface area contributed by atoms with Crippen molar-refractivity contribution in [3.63, 3.8) is 0 Å². The van der Waals surface area contributed by atoms with Gasteiger partial charge >= 0.3 is 0 Å². The van der Waals surface area contributed by atoms with Crippen molar-refractivity contribution in [3.8, 4) is 0 Å². The number of hydrogen-bond donors (Lipinski definition) is 1. The molecule has 1 heterocycles. The van der Waals surface area contributed by atoms with E-state index in [-0.39, 0.29) is 17.6 Å². The van der Waals surface area contributed by atoms with E-state index in [0.717, 1.165) is 11.1 Å². The standard InChI is InChI=1S/C20H19FN2OS/c1-20(2,18(24)23-19-22-11-12-25-19)17(14-7-4-3-5-8-14)15-9-6-10-16(21)13-15/h3-13,17H,1-2H3,(H,22,23,24). The third kappa shape index (κ3) is 3.77. The molecular formula is C20H19FN2OS. The monoisotopic (exact) mass is 354 g/mol. The minimum Gasteiger partial charge on any atom is -0.301 e. The highest BCUT2D eigenvalue weighted by Gasteiger charge is 2.39. The molecule has 0 saturated heterocycles. The highest BCUT2D eigenvalue weighted by Crippen LogP contribution is 2.42. The van der Waals surface area contributed by atoms with Gasteiger partial charge in [0.1, 0.15) is 5.82 Å². The molecule has 0 aliphatic heterocycles. The normalized spacial score (nSPS) is 12.6. The molecule has 0 radical (unpaired) electrons. The Balaban J connectivity index is 2.02. The van der Waals surface area contributed by atoms with Crippen molar-refractivity contribution in [2.24, 2.45) is 5.41 Å². The molecule has 1 amide bonds. The molecule has 0 aliphatic carbocycles. The number of amides is 1. The van der Waals surface area contributed by atoms with Crippen LogP contribution in [-0.4, -0.2) is 10.9 Å². The average molecular weight is 354 g/mol. The van der Waals surface area contributed by atoms with Crippen LogP contribution in [-0.2, 0) is 4.79 Å². The average Bonchev–Trinajstić information content (AvgIpc) is 3.09. The van der Waals surface area contributed by atoms with Crippen molar-refractivity contribution in [3.05, 3.63) is 83.1 Å². The molecule has 3 rings (SSSR count). The number of halogens is 1. The smallest absolute Gasteiger partial charge is 0.232 e. The number of anilines is 1. The molecule has 1 unspecified atom stereocenters. The molecule has 3 aromatic rings. The van der Waals surface area contributed by atoms with Gasteiger partial charge in [-0.15, -0.1) is 11.3 Å². The molecular weight excluding hydrogens is 335 g/mol. The molecule has 5 heteroatoms. The van der Waals surface area contributed by atoms with Crippen LogP contribution in [0.1, 0.15) is 30.9 Å². The third-order valence-electron chi connectivity index (χ3n) is 4.27. The van der Waals surface area contributed by atoms with Gasteiger partial charge in [-0.1, -0.05) is 56.3 Å². The molecule has 0 spiro atoms. The lowest BCUT2D eigenvalue weighted by atomic mass is 9.70. The third-order valence-corrected chi connectivity index (χ3v) is 4.96. The largest absolute Gasteiger partial charge is 0.301 e. The van der Waals surface area contributed by atoms with E-state index in [9.17, 15) is 9.18 Å². The quantitative estimate of drug-likeness (QED) is 0.694. The van der Waals surface area contributed by atoms with Crippen LogP contribution in [0, 0.1) is 11.2 Å². The number of carbonyl (C=O) groups is 1. The van der Waals surface area contributed by atoms with Gasteiger partial charge in [-0.25, -0.2) is 9.37 Å². The Morgan fingerprint density at radius 2 is 1.84 bits per heavy atom. The summed E-state index contributed by atoms with van der Waals surface area (Å²) in [6, 6.07) is 16.2. The van der Waals surface area contributed by atoms with Crippen molar-refractivity contribution < 1.29 is 9.18 Å². The first-order valence-corrected chi connectivity index (χ1v) is 8.88. The number of hydrogen-bond acceptors (Lipinski definition) is 3. The lowest BCUT2D eigenvalue weighted by Crippen LogP contribution is -2.37. The fraction of sp³-hybridized carbons (Fsp3) is 0.200. The molecule has 0 bridgehead atoms. The minimum atomic E-state index is -0.805. The molecule has 1 aromatic heterocycles. The molecule has 1 N–H and O–H groups in total. The maximum atomic E-state index is 13.8. The summed E-state index contributed by atoms with van der Waals surface area (Å²) in [4.78, 5) is 17.1. The summed E-state index contributed by atoms with van der Waals surface area (Å²) >= 11 is 1.37. The molecule has 0 saturated carbocycles. The summed E-state index contributed by atoms with van der Waals surface area (Å²) in [6.07, 6.45) is 1.65. The van der Waals surface area contributed by atoms with Gasteiger partial charge in [0, 0.05) is 17.5 Å². The van der Waals surface area contributed by atoms with Crippen molar-refractivity contribution in [1.82, 2.24) is 4.98 Å². The number of thiazole rings is 1. The number of carbonyl (C=O) groups excluding carboxylic acids is 1. The van der Waals surface area contributed by atoms with Crippen LogP contribution in [0.15, 0.2) is 66.2 Å². The summed E-state index contributed by atoms with van der Waals surface area (Å²) in [5.41, 5.74) is 0.929. The summed E-state index contributed by atoms with van der Waals surface area (Å²) in [7, 11) is 0. The van der Waals surface area contributed by atoms with Gasteiger partial charge in [-0.3, -0.25) is 4.79 Å². The minimum absolute atomic E-state index is 0.152. The van der Waals surface area contributed by atoms with Crippen molar-refractivity contribution in [2.75, 3.05) is 5.32 Å². The van der Waals surface area contributed by atoms with Gasteiger partial charge < -0.3 is 5.32 Å². The second kappa shape index (κ2) is 7.15. The van der Waals surface area contributed by atoms with Gasteiger partial charge in [0.05, 0.1) is 5.41 Å². The zero-order valence-electron chi connectivity index (χ0n) is 14.1. The number of benzene rings is 2. The van der Waals surface area contributed by atoms with E-state index < -0.39 is 5.41 Å². The Morgan fingerprint density at radius 1 is 1.12 bits per heavy atom. The topological polar surface area (TPSA) is 42.0 Å². The number of aromatic nitrogens is 1. The van der Waals surface area contributed by atoms with Gasteiger partial charge in [-0.05, 0) is 23.3 Å². The van der Waals surface area contributed by atoms with Crippen LogP contribution >= 0.6 is 11.3 Å². The number of nitrogens with zero attached hydrogens (tertiary/aromatic N) is 1. The second-order valence-electron chi connectivity index (χ2n) is 6.41. The summed E-state index contributed by atoms with van der Waals surface area (Å²) in [5.74, 6) is -0.750. The van der Waals surface area contributed by atoms with E-state index in [2.05, 4.69) is 10.3 Å². The Morgan fingerprint density at radius 3 is 2.48 bits per heavy atom. The first-order valence-electron chi connectivity index (χ1n) is 8.00. The molecule has 25 heavy (non-hydrogen) atoms. The molecule has 1 atom stereocenters. The lowest BCUT2D eigenvalue weighted by Gasteiger charge is -2.33. The highest BCUT2D eigenvalue weighted by atomic mass is 32.1. The van der Waals surface area contributed by atoms with Crippen molar-refractivity contribution >= 4 is 22.4 Å². The first-order chi connectivity index (χ1) is 12.0. The van der Waals surface area contributed by atoms with E-state index in [1.165, 1.54) is 23.5 Å². The van der Waals surface area contributed by atoms with Crippen molar-refractivity contribution in [2.45, 2.75) is 19.8 Å². The van der Waals surface area contributed by atoms with E-state index in [1.54, 1.807) is 12.3 Å². The van der Waals surface area contributed by atoms with Gasteiger partial charge in [0.25, 0.3) is 0 Å². The van der Waals surface area contributed by atoms with Gasteiger partial charge in [0.15, 0.2) is 5.13 Å². The van der Waals surface area contributed by atoms with Crippen LogP contribution < -0.4 is 5.32 Å². The van der Waals surface area contributed by atoms with Crippen molar-refractivity contribution in [1.29, 1.82) is 0 Å². The summed E-state index contributed by atoms with van der Waals surface area (Å²) < 4.78 is 13.8. The zero-order chi connectivity index (χ0) is 17.9. The number of rotatable bonds is 5. The lowest BCUT2D eigenvalue weighted by molar-refractivity contribution is -0.124. The van der Waals surface area contributed by atoms with Gasteiger partial charge in [0.2, 0.25) is 5.91 Å². The fourth-order valence-electron chi connectivity index (χ4n) is 3.03. The van der Waals surface area contributed by atoms with E-state index in [0.29, 0.717) is 5.13 Å². The molecule has 0 fully saturated rings. The number of nitrogens with one attached hydrogen (secondary N) is 1. The Bertz CT molecular complexity index is 847. The summed E-state index contributed by atoms with van der Waals surface area (Å²) in [5, 5.41) is 5.24. The van der Waals surface area contributed by atoms with Crippen LogP contribution in [0.2, 0.25) is 0 Å². The van der Waals surface area contributed by atoms with Crippen LogP contribution in [0.25, 0.3) is 0 Å². The SMILES string of the molecule is CC(C)(C(=O)Nc1nccs1)C(c1ccccc1)c1cccc(F)c1. The van der Waals surface area contributed by atoms with E-state index in [1.807, 2.05) is 55.6 Å². The molecule has 2 aromatic carbocycles. The maximum Gasteiger partial charge on any atom is 0.232 e. The molecule has 3 nitrogen and oxygen atoms in total. The fourth-order valence-corrected chi connectivity index (χ4v) is 3.56. The van der Waals surface area contributed by atoms with E-state index in [4.69, 9.17) is 0 Å². The zero-order valence-corrected chi connectivity index (χ0v) is 14.9. The molecule has 128 valence electrons. The Labute approximate surface area is 150 Å². The predicted octanol–water partition coefficient (Wildman–Crippen LogP) is 5.08. The van der Waals surface area contributed by atoms with Crippen LogP contribution in [0.5, 0.6) is 0 Å². The van der Waals surface area contributed by atoms with Gasteiger partial charge in [-0.2, -0.15) is 0 Å². The van der Waals surface area contributed by atoms with Crippen LogP contribution in [0.3, 0.4) is 0 Å². The molecule has 0 aliphatic rings. The van der Waals surface area contributed by atoms with Crippen LogP contribution in [0.4, 0.5) is 9.52 Å². The van der Waals surface area contributed by atoms with E-state index >= 15 is 0 Å². The predicted molar refractivity (Wildman–Crippen MR) is 99.2 cm³/mol. The highest BCUT2D eigenvalue weighted by molar-refractivity contribution is 7.13. The second-order valence-corrected chi connectivity index (χ2v) is 7.31. The maximum absolute atomic E-state index is 13.8. The summed E-state index contributed by atoms with van der Waals surface area (Å²) in [6.45, 7) is 3.75. The Kier molecular flexibility index (Phi) is 4.95. The Hall–Kier alpha value is -2.53.